The van der Waals surface area contributed by atoms with Crippen LogP contribution >= 0.6 is 11.6 Å². The first kappa shape index (κ1) is 20.3. The Morgan fingerprint density at radius 1 is 1.13 bits per heavy atom. The molecule has 9 nitrogen and oxygen atoms in total. The van der Waals surface area contributed by atoms with Crippen molar-refractivity contribution in [2.45, 2.75) is 6.92 Å². The third kappa shape index (κ3) is 3.90. The number of amides is 1. The number of nitro benzene ring substituents is 1. The van der Waals surface area contributed by atoms with Crippen LogP contribution in [0.5, 0.6) is 5.75 Å². The highest BCUT2D eigenvalue weighted by atomic mass is 35.5. The number of rotatable bonds is 5. The summed E-state index contributed by atoms with van der Waals surface area (Å²) in [6.45, 7) is 1.54. The van der Waals surface area contributed by atoms with E-state index in [-0.39, 0.29) is 11.3 Å². The number of halogens is 1. The van der Waals surface area contributed by atoms with Gasteiger partial charge in [-0.1, -0.05) is 17.7 Å². The van der Waals surface area contributed by atoms with E-state index in [1.165, 1.54) is 24.0 Å². The third-order valence-electron chi connectivity index (χ3n) is 4.75. The number of benzene rings is 3. The van der Waals surface area contributed by atoms with Gasteiger partial charge in [0.05, 0.1) is 22.7 Å². The average Bonchev–Trinajstić information content (AvgIpc) is 3.17. The summed E-state index contributed by atoms with van der Waals surface area (Å²) in [5, 5.41) is 23.2. The van der Waals surface area contributed by atoms with Crippen LogP contribution in [0, 0.1) is 17.0 Å². The number of fused-ring (bicyclic) bond motifs is 1. The maximum absolute atomic E-state index is 12.7. The van der Waals surface area contributed by atoms with Gasteiger partial charge in [-0.2, -0.15) is 4.80 Å². The van der Waals surface area contributed by atoms with Crippen molar-refractivity contribution in [2.75, 3.05) is 12.4 Å². The number of hydrogen-bond acceptors (Lipinski definition) is 6. The Morgan fingerprint density at radius 2 is 1.90 bits per heavy atom. The van der Waals surface area contributed by atoms with Gasteiger partial charge in [-0.15, -0.1) is 10.2 Å². The normalized spacial score (nSPS) is 10.8. The zero-order chi connectivity index (χ0) is 22.1. The van der Waals surface area contributed by atoms with Crippen LogP contribution in [0.3, 0.4) is 0 Å². The molecule has 1 aromatic heterocycles. The van der Waals surface area contributed by atoms with Gasteiger partial charge in [0, 0.05) is 22.9 Å². The minimum Gasteiger partial charge on any atom is -0.495 e. The molecule has 3 aromatic carbocycles. The van der Waals surface area contributed by atoms with Crippen LogP contribution in [-0.2, 0) is 0 Å². The molecule has 31 heavy (non-hydrogen) atoms. The Balaban J connectivity index is 1.62. The predicted molar refractivity (Wildman–Crippen MR) is 116 cm³/mol. The summed E-state index contributed by atoms with van der Waals surface area (Å²) in [5.74, 6) is 0.0958. The first-order chi connectivity index (χ1) is 14.9. The lowest BCUT2D eigenvalue weighted by Gasteiger charge is -2.07. The second-order valence-corrected chi connectivity index (χ2v) is 7.08. The molecule has 0 spiro atoms. The summed E-state index contributed by atoms with van der Waals surface area (Å²) >= 11 is 6.18. The third-order valence-corrected chi connectivity index (χ3v) is 5.05. The van der Waals surface area contributed by atoms with Crippen LogP contribution in [0.1, 0.15) is 15.9 Å². The Kier molecular flexibility index (Phi) is 5.26. The summed E-state index contributed by atoms with van der Waals surface area (Å²) in [6.07, 6.45) is 0. The number of aromatic nitrogens is 3. The van der Waals surface area contributed by atoms with E-state index in [0.717, 1.165) is 0 Å². The highest BCUT2D eigenvalue weighted by Crippen LogP contribution is 2.27. The van der Waals surface area contributed by atoms with Crippen molar-refractivity contribution in [1.82, 2.24) is 15.0 Å². The lowest BCUT2D eigenvalue weighted by atomic mass is 10.1. The van der Waals surface area contributed by atoms with Gasteiger partial charge >= 0.3 is 0 Å². The molecule has 0 aliphatic heterocycles. The molecule has 10 heteroatoms. The van der Waals surface area contributed by atoms with E-state index in [1.807, 2.05) is 0 Å². The van der Waals surface area contributed by atoms with E-state index in [2.05, 4.69) is 15.5 Å². The van der Waals surface area contributed by atoms with Crippen LogP contribution in [0.25, 0.3) is 16.7 Å². The van der Waals surface area contributed by atoms with Crippen molar-refractivity contribution in [3.63, 3.8) is 0 Å². The maximum Gasteiger partial charge on any atom is 0.273 e. The Hall–Kier alpha value is -3.98. The summed E-state index contributed by atoms with van der Waals surface area (Å²) < 4.78 is 5.15. The van der Waals surface area contributed by atoms with E-state index >= 15 is 0 Å². The minimum atomic E-state index is -0.512. The Labute approximate surface area is 181 Å². The number of nitrogens with zero attached hydrogens (tertiary/aromatic N) is 4. The minimum absolute atomic E-state index is 0.107. The number of ether oxygens (including phenoxy) is 1. The molecule has 0 unspecified atom stereocenters. The van der Waals surface area contributed by atoms with Gasteiger partial charge in [0.25, 0.3) is 11.6 Å². The number of methoxy groups -OCH3 is 1. The lowest BCUT2D eigenvalue weighted by Crippen LogP contribution is -2.14. The van der Waals surface area contributed by atoms with E-state index in [4.69, 9.17) is 16.3 Å². The lowest BCUT2D eigenvalue weighted by molar-refractivity contribution is -0.385. The van der Waals surface area contributed by atoms with Gasteiger partial charge in [0.2, 0.25) is 0 Å². The largest absolute Gasteiger partial charge is 0.495 e. The molecule has 1 amide bonds. The quantitative estimate of drug-likeness (QED) is 0.362. The second kappa shape index (κ2) is 8.04. The summed E-state index contributed by atoms with van der Waals surface area (Å²) in [5.41, 5.74) is 2.74. The molecular formula is C21H16ClN5O4. The van der Waals surface area contributed by atoms with Crippen molar-refractivity contribution in [1.29, 1.82) is 0 Å². The fraction of sp³-hybridized carbons (Fsp3) is 0.0952. The molecule has 0 radical (unpaired) electrons. The first-order valence-electron chi connectivity index (χ1n) is 9.14. The fourth-order valence-corrected chi connectivity index (χ4v) is 3.41. The highest BCUT2D eigenvalue weighted by molar-refractivity contribution is 6.32. The van der Waals surface area contributed by atoms with Gasteiger partial charge in [-0.25, -0.2) is 0 Å². The molecule has 0 saturated carbocycles. The average molecular weight is 438 g/mol. The van der Waals surface area contributed by atoms with Crippen molar-refractivity contribution < 1.29 is 14.5 Å². The number of hydrogen-bond donors (Lipinski definition) is 1. The summed E-state index contributed by atoms with van der Waals surface area (Å²) in [4.78, 5) is 24.7. The van der Waals surface area contributed by atoms with Gasteiger partial charge in [-0.3, -0.25) is 14.9 Å². The molecule has 0 aliphatic rings. The summed E-state index contributed by atoms with van der Waals surface area (Å²) in [7, 11) is 1.53. The molecule has 1 heterocycles. The molecule has 4 aromatic rings. The molecule has 0 fully saturated rings. The number of nitrogens with one attached hydrogen (secondary N) is 1. The molecular weight excluding hydrogens is 422 g/mol. The predicted octanol–water partition coefficient (Wildman–Crippen LogP) is 4.55. The van der Waals surface area contributed by atoms with Crippen LogP contribution in [0.4, 0.5) is 11.4 Å². The van der Waals surface area contributed by atoms with Gasteiger partial charge in [-0.05, 0) is 49.4 Å². The Morgan fingerprint density at radius 3 is 2.61 bits per heavy atom. The second-order valence-electron chi connectivity index (χ2n) is 6.67. The fourth-order valence-electron chi connectivity index (χ4n) is 3.15. The van der Waals surface area contributed by atoms with Gasteiger partial charge in [0.15, 0.2) is 0 Å². The molecule has 0 bridgehead atoms. The molecule has 0 saturated heterocycles. The SMILES string of the molecule is COc1ccc(-n2nc3ccc(NC(=O)c4cccc([N+](=O)[O-])c4C)cc3n2)cc1Cl. The van der Waals surface area contributed by atoms with Crippen molar-refractivity contribution in [2.24, 2.45) is 0 Å². The van der Waals surface area contributed by atoms with Crippen molar-refractivity contribution in [3.05, 3.63) is 80.9 Å². The van der Waals surface area contributed by atoms with Crippen molar-refractivity contribution in [3.8, 4) is 11.4 Å². The van der Waals surface area contributed by atoms with Crippen LogP contribution < -0.4 is 10.1 Å². The van der Waals surface area contributed by atoms with E-state index in [0.29, 0.717) is 38.7 Å². The number of carbonyl (C=O) groups excluding carboxylic acids is 1. The van der Waals surface area contributed by atoms with Crippen LogP contribution in [0.2, 0.25) is 5.02 Å². The number of anilines is 1. The summed E-state index contributed by atoms with van der Waals surface area (Å²) in [6, 6.07) is 14.7. The van der Waals surface area contributed by atoms with Gasteiger partial charge in [0.1, 0.15) is 16.8 Å². The number of carbonyl (C=O) groups is 1. The highest BCUT2D eigenvalue weighted by Gasteiger charge is 2.18. The van der Waals surface area contributed by atoms with E-state index < -0.39 is 10.8 Å². The molecule has 1 N–H and O–H groups in total. The van der Waals surface area contributed by atoms with Crippen LogP contribution in [-0.4, -0.2) is 32.9 Å². The molecule has 156 valence electrons. The smallest absolute Gasteiger partial charge is 0.273 e. The van der Waals surface area contributed by atoms with Crippen LogP contribution in [0.15, 0.2) is 54.6 Å². The van der Waals surface area contributed by atoms with Crippen molar-refractivity contribution >= 4 is 39.9 Å². The maximum atomic E-state index is 12.7. The molecule has 0 atom stereocenters. The monoisotopic (exact) mass is 437 g/mol. The zero-order valence-electron chi connectivity index (χ0n) is 16.5. The standard InChI is InChI=1S/C21H16ClN5O4/c1-12-15(4-3-5-19(12)27(29)30)21(28)23-13-6-8-17-18(10-13)25-26(24-17)14-7-9-20(31-2)16(22)11-14/h3-11H,1-2H3,(H,23,28). The topological polar surface area (TPSA) is 112 Å². The Bertz CT molecular complexity index is 1330. The van der Waals surface area contributed by atoms with E-state index in [9.17, 15) is 14.9 Å². The van der Waals surface area contributed by atoms with E-state index in [1.54, 1.807) is 49.4 Å². The molecule has 0 aliphatic carbocycles. The van der Waals surface area contributed by atoms with Gasteiger partial charge < -0.3 is 10.1 Å². The number of nitro groups is 1. The first-order valence-corrected chi connectivity index (χ1v) is 9.51. The molecule has 4 rings (SSSR count). The zero-order valence-corrected chi connectivity index (χ0v) is 17.3.